The van der Waals surface area contributed by atoms with Crippen molar-refractivity contribution in [1.29, 1.82) is 0 Å². The smallest absolute Gasteiger partial charge is 0.0440 e. The van der Waals surface area contributed by atoms with E-state index in [1.807, 2.05) is 22.7 Å². The van der Waals surface area contributed by atoms with Gasteiger partial charge in [-0.1, -0.05) is 151 Å². The molecule has 0 unspecified atom stereocenters. The molecule has 0 aliphatic heterocycles. The third-order valence-electron chi connectivity index (χ3n) is 13.9. The first-order valence-electron chi connectivity index (χ1n) is 18.9. The molecule has 0 bridgehead atoms. The van der Waals surface area contributed by atoms with E-state index in [4.69, 9.17) is 0 Å². The molecule has 0 nitrogen and oxygen atoms in total. The molecular weight excluding hydrogens is 677 g/mol. The Morgan fingerprint density at radius 1 is 0.396 bits per heavy atom. The third-order valence-corrected chi connectivity index (χ3v) is 16.3. The van der Waals surface area contributed by atoms with Crippen LogP contribution in [0.1, 0.15) is 52.7 Å². The minimum absolute atomic E-state index is 0.0322. The molecular formula is C51H40S2. The van der Waals surface area contributed by atoms with E-state index in [0.29, 0.717) is 0 Å². The fourth-order valence-corrected chi connectivity index (χ4v) is 12.4. The van der Waals surface area contributed by atoms with Crippen LogP contribution in [0, 0.1) is 5.41 Å². The first-order chi connectivity index (χ1) is 25.6. The van der Waals surface area contributed by atoms with Crippen LogP contribution in [0.15, 0.2) is 133 Å². The molecule has 0 atom stereocenters. The molecule has 8 aromatic carbocycles. The Morgan fingerprint density at radius 3 is 1.57 bits per heavy atom. The zero-order valence-corrected chi connectivity index (χ0v) is 32.7. The second-order valence-corrected chi connectivity index (χ2v) is 19.0. The van der Waals surface area contributed by atoms with Crippen LogP contribution < -0.4 is 0 Å². The predicted molar refractivity (Wildman–Crippen MR) is 235 cm³/mol. The maximum atomic E-state index is 2.54. The van der Waals surface area contributed by atoms with Crippen molar-refractivity contribution in [1.82, 2.24) is 0 Å². The average Bonchev–Trinajstić information content (AvgIpc) is 3.78. The van der Waals surface area contributed by atoms with Crippen LogP contribution in [0.4, 0.5) is 0 Å². The van der Waals surface area contributed by atoms with Crippen LogP contribution in [0.3, 0.4) is 0 Å². The molecule has 11 rings (SSSR count). The van der Waals surface area contributed by atoms with Gasteiger partial charge in [0.25, 0.3) is 0 Å². The van der Waals surface area contributed by atoms with Gasteiger partial charge < -0.3 is 0 Å². The standard InChI is InChI=1S/C51H40S2/c1-49(2)38-25-23-30(28-39(38)50(3,4)51(49,5)6)43-31-15-7-9-17-33(31)45(34-18-10-8-16-32(34)43)37-27-29-24-26-42-46(35-19-11-13-21-40(35)52-42)44(29)47-36-20-12-14-22-41(36)53-48(37)47/h7-28H,1-6H3. The molecule has 2 heteroatoms. The minimum Gasteiger partial charge on any atom is -0.135 e. The number of fused-ring (bicyclic) bond motifs is 12. The molecule has 256 valence electrons. The Labute approximate surface area is 318 Å². The van der Waals surface area contributed by atoms with Crippen molar-refractivity contribution in [3.63, 3.8) is 0 Å². The van der Waals surface area contributed by atoms with E-state index in [1.54, 1.807) is 0 Å². The monoisotopic (exact) mass is 716 g/mol. The van der Waals surface area contributed by atoms with Crippen molar-refractivity contribution >= 4 is 95.3 Å². The first-order valence-corrected chi connectivity index (χ1v) is 20.5. The SMILES string of the molecule is CC1(C)c2ccc(-c3c4ccccc4c(-c4cc5ccc6sc7ccccc7c6c5c5c4sc4ccccc45)c4ccccc34)cc2C(C)(C)C1(C)C. The van der Waals surface area contributed by atoms with Crippen molar-refractivity contribution in [3.8, 4) is 22.3 Å². The first kappa shape index (κ1) is 31.5. The molecule has 2 aromatic heterocycles. The Morgan fingerprint density at radius 2 is 0.925 bits per heavy atom. The molecule has 0 spiro atoms. The quantitative estimate of drug-likeness (QED) is 0.156. The van der Waals surface area contributed by atoms with Crippen molar-refractivity contribution in [2.24, 2.45) is 5.41 Å². The molecule has 0 saturated carbocycles. The Balaban J connectivity index is 1.28. The highest BCUT2D eigenvalue weighted by Gasteiger charge is 2.56. The minimum atomic E-state index is 0.0322. The third kappa shape index (κ3) is 3.96. The molecule has 10 aromatic rings. The summed E-state index contributed by atoms with van der Waals surface area (Å²) < 4.78 is 5.41. The molecule has 1 aliphatic rings. The van der Waals surface area contributed by atoms with E-state index in [1.165, 1.54) is 106 Å². The number of hydrogen-bond acceptors (Lipinski definition) is 2. The number of rotatable bonds is 2. The van der Waals surface area contributed by atoms with E-state index in [2.05, 4.69) is 175 Å². The fourth-order valence-electron chi connectivity index (χ4n) is 10.1. The van der Waals surface area contributed by atoms with Gasteiger partial charge in [0.2, 0.25) is 0 Å². The van der Waals surface area contributed by atoms with Gasteiger partial charge in [0, 0.05) is 51.3 Å². The van der Waals surface area contributed by atoms with Crippen molar-refractivity contribution in [2.45, 2.75) is 52.4 Å². The van der Waals surface area contributed by atoms with Gasteiger partial charge in [0.15, 0.2) is 0 Å². The molecule has 0 radical (unpaired) electrons. The zero-order chi connectivity index (χ0) is 36.0. The van der Waals surface area contributed by atoms with Gasteiger partial charge in [-0.3, -0.25) is 0 Å². The topological polar surface area (TPSA) is 0 Å². The van der Waals surface area contributed by atoms with Gasteiger partial charge in [0.1, 0.15) is 0 Å². The van der Waals surface area contributed by atoms with E-state index < -0.39 is 0 Å². The summed E-state index contributed by atoms with van der Waals surface area (Å²) in [4.78, 5) is 0. The highest BCUT2D eigenvalue weighted by molar-refractivity contribution is 7.27. The lowest BCUT2D eigenvalue weighted by Gasteiger charge is -2.44. The van der Waals surface area contributed by atoms with E-state index in [0.717, 1.165) is 0 Å². The largest absolute Gasteiger partial charge is 0.135 e. The second-order valence-electron chi connectivity index (χ2n) is 16.8. The van der Waals surface area contributed by atoms with Gasteiger partial charge in [-0.05, 0) is 95.3 Å². The van der Waals surface area contributed by atoms with Gasteiger partial charge in [-0.2, -0.15) is 0 Å². The van der Waals surface area contributed by atoms with Crippen LogP contribution in [0.5, 0.6) is 0 Å². The highest BCUT2D eigenvalue weighted by Crippen LogP contribution is 2.62. The van der Waals surface area contributed by atoms with Crippen molar-refractivity contribution < 1.29 is 0 Å². The summed E-state index contributed by atoms with van der Waals surface area (Å²) in [6.45, 7) is 14.7. The van der Waals surface area contributed by atoms with E-state index in [-0.39, 0.29) is 16.2 Å². The maximum Gasteiger partial charge on any atom is 0.0440 e. The van der Waals surface area contributed by atoms with Crippen LogP contribution in [0.25, 0.3) is 94.9 Å². The molecule has 53 heavy (non-hydrogen) atoms. The van der Waals surface area contributed by atoms with Crippen LogP contribution in [-0.2, 0) is 10.8 Å². The van der Waals surface area contributed by atoms with E-state index >= 15 is 0 Å². The van der Waals surface area contributed by atoms with E-state index in [9.17, 15) is 0 Å². The lowest BCUT2D eigenvalue weighted by molar-refractivity contribution is 0.125. The Hall–Kier alpha value is -5.02. The molecule has 0 saturated heterocycles. The zero-order valence-electron chi connectivity index (χ0n) is 31.0. The lowest BCUT2D eigenvalue weighted by Crippen LogP contribution is -2.42. The highest BCUT2D eigenvalue weighted by atomic mass is 32.1. The summed E-state index contributed by atoms with van der Waals surface area (Å²) in [7, 11) is 0. The summed E-state index contributed by atoms with van der Waals surface area (Å²) in [5, 5.41) is 13.4. The maximum absolute atomic E-state index is 2.54. The molecule has 0 fully saturated rings. The summed E-state index contributed by atoms with van der Waals surface area (Å²) in [6.07, 6.45) is 0. The van der Waals surface area contributed by atoms with Gasteiger partial charge >= 0.3 is 0 Å². The Kier molecular flexibility index (Phi) is 6.28. The predicted octanol–water partition coefficient (Wildman–Crippen LogP) is 15.8. The van der Waals surface area contributed by atoms with Crippen molar-refractivity contribution in [3.05, 3.63) is 145 Å². The average molecular weight is 717 g/mol. The fraction of sp³-hybridized carbons (Fsp3) is 0.176. The van der Waals surface area contributed by atoms with Gasteiger partial charge in [-0.15, -0.1) is 22.7 Å². The van der Waals surface area contributed by atoms with Crippen LogP contribution in [0.2, 0.25) is 0 Å². The summed E-state index contributed by atoms with van der Waals surface area (Å²) >= 11 is 3.86. The van der Waals surface area contributed by atoms with Gasteiger partial charge in [0.05, 0.1) is 0 Å². The number of benzene rings is 8. The Bertz CT molecular complexity index is 3140. The number of thiophene rings is 2. The molecule has 2 heterocycles. The van der Waals surface area contributed by atoms with Crippen LogP contribution in [-0.4, -0.2) is 0 Å². The second kappa shape index (κ2) is 10.6. The summed E-state index contributed by atoms with van der Waals surface area (Å²) in [6, 6.07) is 50.9. The van der Waals surface area contributed by atoms with Gasteiger partial charge in [-0.25, -0.2) is 0 Å². The molecule has 0 N–H and O–H groups in total. The molecule has 0 amide bonds. The normalized spacial score (nSPS) is 16.2. The van der Waals surface area contributed by atoms with Crippen LogP contribution >= 0.6 is 22.7 Å². The summed E-state index contributed by atoms with van der Waals surface area (Å²) in [5.41, 5.74) is 8.48. The number of hydrogen-bond donors (Lipinski definition) is 0. The lowest BCUT2D eigenvalue weighted by atomic mass is 9.59. The molecule has 1 aliphatic carbocycles. The van der Waals surface area contributed by atoms with Crippen molar-refractivity contribution in [2.75, 3.05) is 0 Å². The summed E-state index contributed by atoms with van der Waals surface area (Å²) in [5.74, 6) is 0.